The molecule has 1 unspecified atom stereocenters. The Kier molecular flexibility index (Phi) is 4.24. The molecule has 2 rings (SSSR count). The smallest absolute Gasteiger partial charge is 0.228 e. The zero-order chi connectivity index (χ0) is 11.1. The average molecular weight is 247 g/mol. The highest BCUT2D eigenvalue weighted by atomic mass is 35.5. The Balaban J connectivity index is 0.00000128. The second kappa shape index (κ2) is 4.92. The molecule has 2 aliphatic rings. The van der Waals surface area contributed by atoms with E-state index in [4.69, 9.17) is 5.73 Å². The van der Waals surface area contributed by atoms with E-state index in [0.29, 0.717) is 11.8 Å². The summed E-state index contributed by atoms with van der Waals surface area (Å²) < 4.78 is 0. The van der Waals surface area contributed by atoms with Crippen molar-refractivity contribution in [3.05, 3.63) is 0 Å². The van der Waals surface area contributed by atoms with Crippen LogP contribution >= 0.6 is 12.4 Å². The van der Waals surface area contributed by atoms with Crippen molar-refractivity contribution in [2.75, 3.05) is 13.1 Å². The van der Waals surface area contributed by atoms with Crippen molar-refractivity contribution in [1.29, 1.82) is 0 Å². The maximum atomic E-state index is 12.1. The van der Waals surface area contributed by atoms with Crippen molar-refractivity contribution in [3.63, 3.8) is 0 Å². The maximum Gasteiger partial charge on any atom is 0.228 e. The Morgan fingerprint density at radius 2 is 1.88 bits per heavy atom. The third-order valence-electron chi connectivity index (χ3n) is 4.09. The van der Waals surface area contributed by atoms with Gasteiger partial charge >= 0.3 is 0 Å². The van der Waals surface area contributed by atoms with Gasteiger partial charge in [0.05, 0.1) is 0 Å². The largest absolute Gasteiger partial charge is 0.342 e. The number of likely N-dealkylation sites (tertiary alicyclic amines) is 1. The van der Waals surface area contributed by atoms with Crippen molar-refractivity contribution in [2.45, 2.75) is 45.6 Å². The highest BCUT2D eigenvalue weighted by Crippen LogP contribution is 2.46. The molecule has 0 aromatic rings. The number of nitrogens with two attached hydrogens (primary N) is 1. The van der Waals surface area contributed by atoms with Gasteiger partial charge in [-0.1, -0.05) is 6.92 Å². The first-order valence-corrected chi connectivity index (χ1v) is 6.08. The van der Waals surface area contributed by atoms with Gasteiger partial charge in [0.2, 0.25) is 5.91 Å². The third kappa shape index (κ3) is 2.69. The van der Waals surface area contributed by atoms with E-state index in [9.17, 15) is 4.79 Å². The van der Waals surface area contributed by atoms with Crippen LogP contribution in [-0.4, -0.2) is 29.9 Å². The van der Waals surface area contributed by atoms with Crippen molar-refractivity contribution >= 4 is 18.3 Å². The summed E-state index contributed by atoms with van der Waals surface area (Å²) in [6, 6.07) is 0.277. The van der Waals surface area contributed by atoms with E-state index in [1.165, 1.54) is 0 Å². The Hall–Kier alpha value is -0.280. The molecule has 1 aliphatic carbocycles. The van der Waals surface area contributed by atoms with Crippen molar-refractivity contribution in [2.24, 2.45) is 17.1 Å². The lowest BCUT2D eigenvalue weighted by molar-refractivity contribution is -0.137. The van der Waals surface area contributed by atoms with Gasteiger partial charge in [-0.25, -0.2) is 0 Å². The molecule has 1 amide bonds. The van der Waals surface area contributed by atoms with Gasteiger partial charge < -0.3 is 10.6 Å². The van der Waals surface area contributed by atoms with Crippen LogP contribution in [0.4, 0.5) is 0 Å². The summed E-state index contributed by atoms with van der Waals surface area (Å²) >= 11 is 0. The van der Waals surface area contributed by atoms with Crippen LogP contribution in [0, 0.1) is 11.3 Å². The van der Waals surface area contributed by atoms with Gasteiger partial charge in [0.1, 0.15) is 0 Å². The highest BCUT2D eigenvalue weighted by Gasteiger charge is 2.47. The zero-order valence-electron chi connectivity index (χ0n) is 10.2. The summed E-state index contributed by atoms with van der Waals surface area (Å²) in [7, 11) is 0. The first kappa shape index (κ1) is 13.8. The van der Waals surface area contributed by atoms with Crippen LogP contribution in [0.2, 0.25) is 0 Å². The zero-order valence-corrected chi connectivity index (χ0v) is 11.1. The second-order valence-electron chi connectivity index (χ2n) is 5.55. The SMILES string of the molecule is CC(N)C1CCN(C(=O)C2(C)CC2)CC1.Cl. The third-order valence-corrected chi connectivity index (χ3v) is 4.09. The standard InChI is InChI=1S/C12H22N2O.ClH/c1-9(13)10-3-7-14(8-4-10)11(15)12(2)5-6-12;/h9-10H,3-8,13H2,1-2H3;1H. The van der Waals surface area contributed by atoms with Crippen LogP contribution in [0.25, 0.3) is 0 Å². The minimum atomic E-state index is 0. The summed E-state index contributed by atoms with van der Waals surface area (Å²) in [6.07, 6.45) is 4.33. The van der Waals surface area contributed by atoms with Gasteiger partial charge in [-0.15, -0.1) is 12.4 Å². The lowest BCUT2D eigenvalue weighted by Crippen LogP contribution is -2.44. The number of halogens is 1. The summed E-state index contributed by atoms with van der Waals surface area (Å²) in [5.74, 6) is 0.992. The van der Waals surface area contributed by atoms with Gasteiger partial charge in [-0.05, 0) is 38.5 Å². The highest BCUT2D eigenvalue weighted by molar-refractivity contribution is 5.85. The van der Waals surface area contributed by atoms with Gasteiger partial charge in [-0.3, -0.25) is 4.79 Å². The van der Waals surface area contributed by atoms with E-state index in [2.05, 4.69) is 13.8 Å². The molecular weight excluding hydrogens is 224 g/mol. The molecule has 2 N–H and O–H groups in total. The number of piperidine rings is 1. The molecule has 0 radical (unpaired) electrons. The summed E-state index contributed by atoms with van der Waals surface area (Å²) in [5, 5.41) is 0. The molecule has 1 aliphatic heterocycles. The minimum Gasteiger partial charge on any atom is -0.342 e. The first-order chi connectivity index (χ1) is 7.03. The van der Waals surface area contributed by atoms with Gasteiger partial charge in [0, 0.05) is 24.5 Å². The van der Waals surface area contributed by atoms with Crippen molar-refractivity contribution in [1.82, 2.24) is 4.90 Å². The molecule has 1 saturated heterocycles. The minimum absolute atomic E-state index is 0. The molecule has 2 fully saturated rings. The topological polar surface area (TPSA) is 46.3 Å². The molecule has 94 valence electrons. The van der Waals surface area contributed by atoms with E-state index in [0.717, 1.165) is 38.8 Å². The molecule has 0 bridgehead atoms. The summed E-state index contributed by atoms with van der Waals surface area (Å²) in [5.41, 5.74) is 5.88. The quantitative estimate of drug-likeness (QED) is 0.808. The Morgan fingerprint density at radius 3 is 2.25 bits per heavy atom. The maximum absolute atomic E-state index is 12.1. The number of amides is 1. The Bertz CT molecular complexity index is 256. The first-order valence-electron chi connectivity index (χ1n) is 6.08. The lowest BCUT2D eigenvalue weighted by Gasteiger charge is -2.35. The van der Waals surface area contributed by atoms with Crippen LogP contribution in [0.5, 0.6) is 0 Å². The molecule has 0 aromatic carbocycles. The van der Waals surface area contributed by atoms with Crippen LogP contribution in [0.1, 0.15) is 39.5 Å². The predicted molar refractivity (Wildman–Crippen MR) is 67.5 cm³/mol. The van der Waals surface area contributed by atoms with E-state index in [1.54, 1.807) is 0 Å². The molecule has 1 heterocycles. The summed E-state index contributed by atoms with van der Waals surface area (Å²) in [6.45, 7) is 6.00. The predicted octanol–water partition coefficient (Wildman–Crippen LogP) is 1.79. The number of nitrogens with zero attached hydrogens (tertiary/aromatic N) is 1. The molecule has 1 saturated carbocycles. The van der Waals surface area contributed by atoms with Crippen LogP contribution in [0.3, 0.4) is 0 Å². The number of hydrogen-bond acceptors (Lipinski definition) is 2. The number of hydrogen-bond donors (Lipinski definition) is 1. The number of carbonyl (C=O) groups excluding carboxylic acids is 1. The van der Waals surface area contributed by atoms with Gasteiger partial charge in [0.25, 0.3) is 0 Å². The molecule has 3 nitrogen and oxygen atoms in total. The molecule has 0 spiro atoms. The van der Waals surface area contributed by atoms with E-state index in [1.807, 2.05) is 4.90 Å². The van der Waals surface area contributed by atoms with Crippen LogP contribution in [0.15, 0.2) is 0 Å². The van der Waals surface area contributed by atoms with E-state index in [-0.39, 0.29) is 23.9 Å². The lowest BCUT2D eigenvalue weighted by atomic mass is 9.90. The summed E-state index contributed by atoms with van der Waals surface area (Å²) in [4.78, 5) is 14.1. The van der Waals surface area contributed by atoms with Crippen molar-refractivity contribution < 1.29 is 4.79 Å². The Morgan fingerprint density at radius 1 is 1.38 bits per heavy atom. The number of carbonyl (C=O) groups is 1. The molecule has 4 heteroatoms. The van der Waals surface area contributed by atoms with Gasteiger partial charge in [0.15, 0.2) is 0 Å². The Labute approximate surface area is 104 Å². The fourth-order valence-corrected chi connectivity index (χ4v) is 2.41. The van der Waals surface area contributed by atoms with Crippen LogP contribution in [-0.2, 0) is 4.79 Å². The molecule has 1 atom stereocenters. The average Bonchev–Trinajstić information content (AvgIpc) is 2.97. The van der Waals surface area contributed by atoms with E-state index >= 15 is 0 Å². The number of rotatable bonds is 2. The molecular formula is C12H23ClN2O. The van der Waals surface area contributed by atoms with Gasteiger partial charge in [-0.2, -0.15) is 0 Å². The molecule has 16 heavy (non-hydrogen) atoms. The second-order valence-corrected chi connectivity index (χ2v) is 5.55. The molecule has 0 aromatic heterocycles. The normalized spacial score (nSPS) is 25.8. The van der Waals surface area contributed by atoms with E-state index < -0.39 is 0 Å². The monoisotopic (exact) mass is 246 g/mol. The fourth-order valence-electron chi connectivity index (χ4n) is 2.41. The fraction of sp³-hybridized carbons (Fsp3) is 0.917. The van der Waals surface area contributed by atoms with Crippen LogP contribution < -0.4 is 5.73 Å². The van der Waals surface area contributed by atoms with Crippen molar-refractivity contribution in [3.8, 4) is 0 Å².